The number of amides is 2. The summed E-state index contributed by atoms with van der Waals surface area (Å²) in [5, 5.41) is 19.3. The summed E-state index contributed by atoms with van der Waals surface area (Å²) in [7, 11) is 0. The molecule has 1 aliphatic carbocycles. The largest absolute Gasteiger partial charge is 0.480 e. The van der Waals surface area contributed by atoms with E-state index < -0.39 is 18.0 Å². The first-order valence-corrected chi connectivity index (χ1v) is 7.41. The van der Waals surface area contributed by atoms with Gasteiger partial charge in [-0.25, -0.2) is 9.59 Å². The maximum Gasteiger partial charge on any atom is 0.326 e. The van der Waals surface area contributed by atoms with Gasteiger partial charge in [-0.1, -0.05) is 22.4 Å². The number of hydrogen-bond donors (Lipinski definition) is 2. The van der Waals surface area contributed by atoms with E-state index in [9.17, 15) is 14.7 Å². The Morgan fingerprint density at radius 2 is 2.15 bits per heavy atom. The highest BCUT2D eigenvalue weighted by molar-refractivity contribution is 7.09. The van der Waals surface area contributed by atoms with E-state index in [1.165, 1.54) is 4.90 Å². The highest BCUT2D eigenvalue weighted by atomic mass is 32.1. The highest BCUT2D eigenvalue weighted by Crippen LogP contribution is 2.40. The van der Waals surface area contributed by atoms with Crippen LogP contribution < -0.4 is 5.32 Å². The van der Waals surface area contributed by atoms with Gasteiger partial charge in [0, 0.05) is 17.6 Å². The Balaban J connectivity index is 1.79. The predicted octanol–water partition coefficient (Wildman–Crippen LogP) is 1.18. The van der Waals surface area contributed by atoms with Crippen molar-refractivity contribution in [3.63, 3.8) is 0 Å². The summed E-state index contributed by atoms with van der Waals surface area (Å²) < 4.78 is 3.57. The molecule has 0 aromatic carbocycles. The SMILES string of the molecule is O=C(O)C1CC2CCCCC2N1C(=O)Nc1nnns1. The molecule has 3 unspecified atom stereocenters. The fourth-order valence-corrected chi connectivity index (χ4v) is 3.67. The Morgan fingerprint density at radius 3 is 2.85 bits per heavy atom. The number of carboxylic acids is 1. The lowest BCUT2D eigenvalue weighted by molar-refractivity contribution is -0.141. The van der Waals surface area contributed by atoms with Gasteiger partial charge in [-0.2, -0.15) is 0 Å². The van der Waals surface area contributed by atoms with Gasteiger partial charge in [0.25, 0.3) is 0 Å². The lowest BCUT2D eigenvalue weighted by Crippen LogP contribution is -2.48. The fraction of sp³-hybridized carbons (Fsp3) is 0.727. The third-order valence-electron chi connectivity index (χ3n) is 4.12. The van der Waals surface area contributed by atoms with Crippen molar-refractivity contribution in [2.75, 3.05) is 5.32 Å². The van der Waals surface area contributed by atoms with Crippen molar-refractivity contribution in [3.05, 3.63) is 0 Å². The van der Waals surface area contributed by atoms with E-state index in [2.05, 4.69) is 20.1 Å². The Hall–Kier alpha value is -1.77. The van der Waals surface area contributed by atoms with Crippen LogP contribution in [0.2, 0.25) is 0 Å². The standard InChI is InChI=1S/C11H15N5O3S/c17-9(18)8-5-6-3-1-2-4-7(6)16(8)11(19)12-10-13-14-15-20-10/h6-8H,1-5H2,(H,17,18)(H,12,13,15,19). The van der Waals surface area contributed by atoms with Crippen LogP contribution in [0.25, 0.3) is 0 Å². The third-order valence-corrected chi connectivity index (χ3v) is 4.63. The van der Waals surface area contributed by atoms with Crippen molar-refractivity contribution in [1.82, 2.24) is 19.7 Å². The van der Waals surface area contributed by atoms with E-state index in [-0.39, 0.29) is 6.04 Å². The minimum Gasteiger partial charge on any atom is -0.480 e. The summed E-state index contributed by atoms with van der Waals surface area (Å²) in [6.07, 6.45) is 4.57. The summed E-state index contributed by atoms with van der Waals surface area (Å²) >= 11 is 0.971. The number of aliphatic carboxylic acids is 1. The lowest BCUT2D eigenvalue weighted by atomic mass is 9.85. The minimum absolute atomic E-state index is 0.0192. The molecule has 1 aromatic rings. The molecule has 3 rings (SSSR count). The average molecular weight is 297 g/mol. The second-order valence-electron chi connectivity index (χ2n) is 5.21. The van der Waals surface area contributed by atoms with Crippen LogP contribution in [0.15, 0.2) is 0 Å². The Kier molecular flexibility index (Phi) is 3.51. The molecule has 1 aliphatic heterocycles. The molecule has 9 heteroatoms. The van der Waals surface area contributed by atoms with Crippen LogP contribution in [-0.4, -0.2) is 48.9 Å². The molecule has 8 nitrogen and oxygen atoms in total. The van der Waals surface area contributed by atoms with Gasteiger partial charge in [-0.05, 0) is 30.4 Å². The zero-order chi connectivity index (χ0) is 14.1. The number of aromatic nitrogens is 3. The van der Waals surface area contributed by atoms with E-state index in [1.807, 2.05) is 0 Å². The molecule has 1 saturated heterocycles. The zero-order valence-electron chi connectivity index (χ0n) is 10.7. The first kappa shape index (κ1) is 13.2. The number of hydrogen-bond acceptors (Lipinski definition) is 6. The molecule has 1 aromatic heterocycles. The number of nitrogens with zero attached hydrogens (tertiary/aromatic N) is 4. The smallest absolute Gasteiger partial charge is 0.326 e. The molecule has 20 heavy (non-hydrogen) atoms. The van der Waals surface area contributed by atoms with Gasteiger partial charge in [0.05, 0.1) is 0 Å². The number of anilines is 1. The highest BCUT2D eigenvalue weighted by Gasteiger charge is 2.47. The maximum absolute atomic E-state index is 12.3. The van der Waals surface area contributed by atoms with Crippen LogP contribution in [0.5, 0.6) is 0 Å². The van der Waals surface area contributed by atoms with Crippen molar-refractivity contribution in [3.8, 4) is 0 Å². The number of carbonyl (C=O) groups is 2. The fourth-order valence-electron chi connectivity index (χ4n) is 3.31. The topological polar surface area (TPSA) is 108 Å². The number of fused-ring (bicyclic) bond motifs is 1. The minimum atomic E-state index is -0.940. The van der Waals surface area contributed by atoms with Crippen molar-refractivity contribution in [2.24, 2.45) is 5.92 Å². The van der Waals surface area contributed by atoms with E-state index in [4.69, 9.17) is 0 Å². The third kappa shape index (κ3) is 2.33. The second-order valence-corrected chi connectivity index (χ2v) is 5.94. The van der Waals surface area contributed by atoms with Gasteiger partial charge in [-0.3, -0.25) is 5.32 Å². The van der Waals surface area contributed by atoms with Gasteiger partial charge < -0.3 is 10.0 Å². The van der Waals surface area contributed by atoms with Crippen LogP contribution in [0, 0.1) is 5.92 Å². The summed E-state index contributed by atoms with van der Waals surface area (Å²) in [6.45, 7) is 0. The van der Waals surface area contributed by atoms with E-state index in [1.54, 1.807) is 0 Å². The van der Waals surface area contributed by atoms with Gasteiger partial charge >= 0.3 is 12.0 Å². The van der Waals surface area contributed by atoms with Crippen molar-refractivity contribution in [2.45, 2.75) is 44.2 Å². The quantitative estimate of drug-likeness (QED) is 0.848. The average Bonchev–Trinajstić information content (AvgIpc) is 3.04. The number of likely N-dealkylation sites (tertiary alicyclic amines) is 1. The van der Waals surface area contributed by atoms with Crippen LogP contribution in [0.4, 0.5) is 9.93 Å². The van der Waals surface area contributed by atoms with Crippen molar-refractivity contribution < 1.29 is 14.7 Å². The predicted molar refractivity (Wildman–Crippen MR) is 70.3 cm³/mol. The molecular formula is C11H15N5O3S. The monoisotopic (exact) mass is 297 g/mol. The van der Waals surface area contributed by atoms with Gasteiger partial charge in [-0.15, -0.1) is 0 Å². The van der Waals surface area contributed by atoms with E-state index in [0.29, 0.717) is 17.5 Å². The Labute approximate surface area is 119 Å². The lowest BCUT2D eigenvalue weighted by Gasteiger charge is -2.32. The van der Waals surface area contributed by atoms with Crippen LogP contribution in [-0.2, 0) is 4.79 Å². The molecule has 1 saturated carbocycles. The van der Waals surface area contributed by atoms with Crippen LogP contribution in [0.1, 0.15) is 32.1 Å². The molecule has 2 aliphatic rings. The maximum atomic E-state index is 12.3. The molecule has 2 fully saturated rings. The normalized spacial score (nSPS) is 29.0. The molecule has 0 radical (unpaired) electrons. The number of nitrogens with one attached hydrogen (secondary N) is 1. The van der Waals surface area contributed by atoms with Crippen molar-refractivity contribution >= 4 is 28.7 Å². The van der Waals surface area contributed by atoms with Gasteiger partial charge in [0.15, 0.2) is 0 Å². The number of carbonyl (C=O) groups excluding carboxylic acids is 1. The van der Waals surface area contributed by atoms with Crippen LogP contribution >= 0.6 is 11.5 Å². The Bertz CT molecular complexity index is 508. The molecule has 2 N–H and O–H groups in total. The van der Waals surface area contributed by atoms with Gasteiger partial charge in [0.2, 0.25) is 5.13 Å². The second kappa shape index (κ2) is 5.31. The summed E-state index contributed by atoms with van der Waals surface area (Å²) in [5.74, 6) is -0.645. The molecule has 0 bridgehead atoms. The molecule has 108 valence electrons. The molecule has 2 amide bonds. The van der Waals surface area contributed by atoms with Crippen LogP contribution in [0.3, 0.4) is 0 Å². The molecular weight excluding hydrogens is 282 g/mol. The Morgan fingerprint density at radius 1 is 1.35 bits per heavy atom. The summed E-state index contributed by atoms with van der Waals surface area (Å²) in [6, 6.07) is -1.14. The number of carboxylic acid groups (broad SMARTS) is 1. The van der Waals surface area contributed by atoms with E-state index >= 15 is 0 Å². The summed E-state index contributed by atoms with van der Waals surface area (Å²) in [4.78, 5) is 25.2. The van der Waals surface area contributed by atoms with Gasteiger partial charge in [0.1, 0.15) is 6.04 Å². The summed E-state index contributed by atoms with van der Waals surface area (Å²) in [5.41, 5.74) is 0. The number of urea groups is 1. The van der Waals surface area contributed by atoms with Crippen molar-refractivity contribution in [1.29, 1.82) is 0 Å². The first-order chi connectivity index (χ1) is 9.66. The van der Waals surface area contributed by atoms with E-state index in [0.717, 1.165) is 37.2 Å². The first-order valence-electron chi connectivity index (χ1n) is 6.64. The number of rotatable bonds is 2. The molecule has 3 atom stereocenters. The molecule has 2 heterocycles. The molecule has 0 spiro atoms. The zero-order valence-corrected chi connectivity index (χ0v) is 11.5.